The van der Waals surface area contributed by atoms with Gasteiger partial charge in [0, 0.05) is 6.07 Å². The minimum atomic E-state index is -1.89. The fraction of sp³-hybridized carbons (Fsp3) is 0.500. The Bertz CT molecular complexity index is 711. The van der Waals surface area contributed by atoms with Crippen LogP contribution in [0, 0.1) is 0 Å². The maximum Gasteiger partial charge on any atom is 0.333 e. The molecule has 0 spiro atoms. The van der Waals surface area contributed by atoms with E-state index in [1.54, 1.807) is 16.8 Å². The summed E-state index contributed by atoms with van der Waals surface area (Å²) in [6.07, 6.45) is -4.05. The molecular formula is C16H21N2O9+. The first-order valence-corrected chi connectivity index (χ1v) is 8.06. The molecular weight excluding hydrogens is 364 g/mol. The molecule has 0 bridgehead atoms. The van der Waals surface area contributed by atoms with Crippen LogP contribution in [0.2, 0.25) is 0 Å². The molecule has 5 atom stereocenters. The average molecular weight is 385 g/mol. The van der Waals surface area contributed by atoms with Crippen LogP contribution in [-0.4, -0.2) is 75.4 Å². The molecule has 0 saturated carbocycles. The van der Waals surface area contributed by atoms with Crippen LogP contribution < -0.4 is 10.3 Å². The van der Waals surface area contributed by atoms with Gasteiger partial charge in [-0.25, -0.2) is 9.36 Å². The number of nitrogens with two attached hydrogens (primary N) is 1. The summed E-state index contributed by atoms with van der Waals surface area (Å²) in [5.74, 6) is -3.16. The summed E-state index contributed by atoms with van der Waals surface area (Å²) < 4.78 is 11.8. The van der Waals surface area contributed by atoms with Crippen molar-refractivity contribution < 1.29 is 48.9 Å². The zero-order valence-corrected chi connectivity index (χ0v) is 14.2. The quantitative estimate of drug-likeness (QED) is 0.229. The third-order valence-corrected chi connectivity index (χ3v) is 4.05. The first kappa shape index (κ1) is 20.7. The maximum absolute atomic E-state index is 11.5. The van der Waals surface area contributed by atoms with E-state index >= 15 is 0 Å². The van der Waals surface area contributed by atoms with Gasteiger partial charge in [-0.1, -0.05) is 0 Å². The second kappa shape index (κ2) is 8.86. The topological polar surface area (TPSA) is 180 Å². The number of amides is 1. The summed E-state index contributed by atoms with van der Waals surface area (Å²) in [5.41, 5.74) is 5.46. The number of pyridine rings is 1. The van der Waals surface area contributed by atoms with E-state index in [-0.39, 0.29) is 12.1 Å². The number of aromatic nitrogens is 1. The molecule has 1 aromatic heterocycles. The second-order valence-corrected chi connectivity index (χ2v) is 6.09. The van der Waals surface area contributed by atoms with Crippen LogP contribution in [0.15, 0.2) is 24.5 Å². The summed E-state index contributed by atoms with van der Waals surface area (Å²) in [6, 6.07) is 3.11. The highest BCUT2D eigenvalue weighted by molar-refractivity contribution is 5.92. The lowest BCUT2D eigenvalue weighted by molar-refractivity contribution is -0.704. The minimum Gasteiger partial charge on any atom is -0.479 e. The third kappa shape index (κ3) is 5.44. The van der Waals surface area contributed by atoms with Gasteiger partial charge in [0.15, 0.2) is 25.0 Å². The Morgan fingerprint density at radius 3 is 2.56 bits per heavy atom. The van der Waals surface area contributed by atoms with Crippen LogP contribution in [-0.2, 0) is 25.6 Å². The van der Waals surface area contributed by atoms with Gasteiger partial charge in [-0.05, 0) is 6.07 Å². The zero-order chi connectivity index (χ0) is 20.1. The van der Waals surface area contributed by atoms with E-state index in [2.05, 4.69) is 0 Å². The molecule has 1 saturated heterocycles. The number of carbonyl (C=O) groups is 3. The number of aliphatic hydroxyl groups excluding tert-OH is 3. The predicted molar refractivity (Wildman–Crippen MR) is 85.0 cm³/mol. The summed E-state index contributed by atoms with van der Waals surface area (Å²) in [6.45, 7) is -0.326. The Kier molecular flexibility index (Phi) is 6.80. The number of ether oxygens (including phenoxy) is 2. The number of hydrogen-bond acceptors (Lipinski definition) is 8. The number of esters is 1. The van der Waals surface area contributed by atoms with Crippen molar-refractivity contribution in [3.8, 4) is 0 Å². The number of rotatable bonds is 8. The largest absolute Gasteiger partial charge is 0.479 e. The van der Waals surface area contributed by atoms with E-state index in [0.717, 1.165) is 0 Å². The van der Waals surface area contributed by atoms with Crippen molar-refractivity contribution in [1.82, 2.24) is 0 Å². The summed E-state index contributed by atoms with van der Waals surface area (Å²) >= 11 is 0. The number of hydrogen-bond donors (Lipinski definition) is 5. The van der Waals surface area contributed by atoms with Crippen molar-refractivity contribution >= 4 is 17.8 Å². The van der Waals surface area contributed by atoms with Gasteiger partial charge >= 0.3 is 11.9 Å². The Morgan fingerprint density at radius 2 is 1.93 bits per heavy atom. The van der Waals surface area contributed by atoms with E-state index in [4.69, 9.17) is 25.4 Å². The van der Waals surface area contributed by atoms with Crippen molar-refractivity contribution in [2.75, 3.05) is 6.61 Å². The Hall–Kier alpha value is -2.60. The van der Waals surface area contributed by atoms with Crippen LogP contribution in [0.1, 0.15) is 16.8 Å². The molecule has 1 amide bonds. The molecule has 1 aliphatic heterocycles. The lowest BCUT2D eigenvalue weighted by Gasteiger charge is -2.15. The van der Waals surface area contributed by atoms with Crippen molar-refractivity contribution in [3.63, 3.8) is 0 Å². The molecule has 6 N–H and O–H groups in total. The van der Waals surface area contributed by atoms with Gasteiger partial charge in [0.2, 0.25) is 0 Å². The van der Waals surface area contributed by atoms with Gasteiger partial charge in [-0.2, -0.15) is 0 Å². The molecule has 1 aliphatic rings. The first-order chi connectivity index (χ1) is 12.7. The Labute approximate surface area is 153 Å². The molecule has 2 rings (SSSR count). The number of nitrogens with zero attached hydrogens (tertiary/aromatic N) is 1. The molecule has 0 aliphatic carbocycles. The minimum absolute atomic E-state index is 0.0987. The summed E-state index contributed by atoms with van der Waals surface area (Å²) in [4.78, 5) is 33.2. The molecule has 1 aromatic rings. The van der Waals surface area contributed by atoms with Crippen LogP contribution in [0.4, 0.5) is 0 Å². The molecule has 148 valence electrons. The highest BCUT2D eigenvalue weighted by Crippen LogP contribution is 2.22. The number of aliphatic carboxylic acids is 1. The van der Waals surface area contributed by atoms with Crippen LogP contribution in [0.25, 0.3) is 0 Å². The van der Waals surface area contributed by atoms with Crippen molar-refractivity contribution in [3.05, 3.63) is 30.1 Å². The molecule has 1 fully saturated rings. The fourth-order valence-corrected chi connectivity index (χ4v) is 2.58. The van der Waals surface area contributed by atoms with Crippen molar-refractivity contribution in [2.24, 2.45) is 5.73 Å². The molecule has 11 nitrogen and oxygen atoms in total. The monoisotopic (exact) mass is 385 g/mol. The smallest absolute Gasteiger partial charge is 0.333 e. The summed E-state index contributed by atoms with van der Waals surface area (Å²) in [7, 11) is 0. The number of primary amides is 1. The fourth-order valence-electron chi connectivity index (χ4n) is 2.58. The van der Waals surface area contributed by atoms with E-state index in [9.17, 15) is 24.6 Å². The van der Waals surface area contributed by atoms with Gasteiger partial charge < -0.3 is 35.6 Å². The number of carboxylic acids is 1. The van der Waals surface area contributed by atoms with E-state index in [0.29, 0.717) is 0 Å². The third-order valence-electron chi connectivity index (χ3n) is 4.05. The lowest BCUT2D eigenvalue weighted by Crippen LogP contribution is -2.45. The molecule has 0 unspecified atom stereocenters. The van der Waals surface area contributed by atoms with Gasteiger partial charge in [0.25, 0.3) is 5.91 Å². The number of aliphatic hydroxyl groups is 3. The van der Waals surface area contributed by atoms with Gasteiger partial charge in [0.05, 0.1) is 6.42 Å². The SMILES string of the molecule is NC(=O)c1ccc[n+](C[C@@H]2O[C@H](COC(=O)C[C@H](O)C(=O)O)[C@@H](O)[C@H]2O)c1. The number of carbonyl (C=O) groups excluding carboxylic acids is 2. The zero-order valence-electron chi connectivity index (χ0n) is 14.2. The van der Waals surface area contributed by atoms with Crippen LogP contribution in [0.3, 0.4) is 0 Å². The molecule has 0 radical (unpaired) electrons. The van der Waals surface area contributed by atoms with Crippen LogP contribution >= 0.6 is 0 Å². The van der Waals surface area contributed by atoms with Crippen LogP contribution in [0.5, 0.6) is 0 Å². The standard InChI is InChI=1S/C16H20N2O9/c17-15(23)8-2-1-3-18(5-8)6-10-13(21)14(22)11(27-10)7-26-12(20)4-9(19)16(24)25/h1-3,5,9-11,13-14,19,21-22H,4,6-7H2,(H2-,17,23,24,25)/p+1/t9-,10-,11+,13-,14+/m0/s1. The second-order valence-electron chi connectivity index (χ2n) is 6.09. The maximum atomic E-state index is 11.5. The highest BCUT2D eigenvalue weighted by atomic mass is 16.6. The van der Waals surface area contributed by atoms with Gasteiger partial charge in [-0.3, -0.25) is 9.59 Å². The van der Waals surface area contributed by atoms with Gasteiger partial charge in [-0.15, -0.1) is 0 Å². The van der Waals surface area contributed by atoms with E-state index < -0.39 is 61.4 Å². The molecule has 2 heterocycles. The first-order valence-electron chi connectivity index (χ1n) is 8.06. The Morgan fingerprint density at radius 1 is 1.26 bits per heavy atom. The van der Waals surface area contributed by atoms with E-state index in [1.165, 1.54) is 12.3 Å². The van der Waals surface area contributed by atoms with E-state index in [1.807, 2.05) is 0 Å². The lowest BCUT2D eigenvalue weighted by atomic mass is 10.1. The predicted octanol–water partition coefficient (Wildman–Crippen LogP) is -3.06. The van der Waals surface area contributed by atoms with Gasteiger partial charge in [0.1, 0.15) is 36.6 Å². The van der Waals surface area contributed by atoms with Crippen molar-refractivity contribution in [1.29, 1.82) is 0 Å². The molecule has 11 heteroatoms. The van der Waals surface area contributed by atoms with Crippen molar-refractivity contribution in [2.45, 2.75) is 43.5 Å². The summed E-state index contributed by atoms with van der Waals surface area (Å²) in [5, 5.41) is 37.8. The normalized spacial score (nSPS) is 25.7. The Balaban J connectivity index is 1.91. The molecule has 0 aromatic carbocycles. The highest BCUT2D eigenvalue weighted by Gasteiger charge is 2.45. The average Bonchev–Trinajstić information content (AvgIpc) is 2.88. The number of carboxylic acid groups (broad SMARTS) is 1. The molecule has 27 heavy (non-hydrogen) atoms.